The van der Waals surface area contributed by atoms with Gasteiger partial charge in [-0.3, -0.25) is 4.79 Å². The molecule has 0 aromatic heterocycles. The molecule has 0 bridgehead atoms. The first kappa shape index (κ1) is 17.4. The number of aromatic hydroxyl groups is 1. The highest BCUT2D eigenvalue weighted by Crippen LogP contribution is 2.38. The summed E-state index contributed by atoms with van der Waals surface area (Å²) in [5.74, 6) is 1.66. The first-order chi connectivity index (χ1) is 13.1. The number of carbonyl (C=O) groups excluding carboxylic acids is 1. The summed E-state index contributed by atoms with van der Waals surface area (Å²) in [6.45, 7) is 0. The predicted octanol–water partition coefficient (Wildman–Crippen LogP) is 5.71. The van der Waals surface area contributed by atoms with Crippen LogP contribution in [0.5, 0.6) is 17.2 Å². The smallest absolute Gasteiger partial charge is 0.227 e. The Morgan fingerprint density at radius 1 is 0.963 bits per heavy atom. The van der Waals surface area contributed by atoms with E-state index >= 15 is 0 Å². The molecule has 3 aromatic carbocycles. The molecule has 1 unspecified atom stereocenters. The molecule has 0 saturated carbocycles. The average Bonchev–Trinajstić information content (AvgIpc) is 3.06. The molecule has 1 fully saturated rings. The van der Waals surface area contributed by atoms with E-state index in [0.29, 0.717) is 22.9 Å². The van der Waals surface area contributed by atoms with Crippen LogP contribution in [0.1, 0.15) is 24.4 Å². The topological polar surface area (TPSA) is 49.8 Å². The number of hydrogen-bond acceptors (Lipinski definition) is 3. The monoisotopic (exact) mass is 379 g/mol. The van der Waals surface area contributed by atoms with Gasteiger partial charge in [0, 0.05) is 17.1 Å². The Balaban J connectivity index is 1.56. The van der Waals surface area contributed by atoms with Gasteiger partial charge in [0.1, 0.15) is 17.2 Å². The van der Waals surface area contributed by atoms with Gasteiger partial charge in [-0.25, -0.2) is 0 Å². The van der Waals surface area contributed by atoms with Crippen molar-refractivity contribution in [3.05, 3.63) is 83.4 Å². The number of rotatable bonds is 4. The summed E-state index contributed by atoms with van der Waals surface area (Å²) in [6.07, 6.45) is 1.22. The van der Waals surface area contributed by atoms with Crippen molar-refractivity contribution >= 4 is 23.2 Å². The molecule has 0 spiro atoms. The fourth-order valence-corrected chi connectivity index (χ4v) is 3.49. The Morgan fingerprint density at radius 2 is 1.63 bits per heavy atom. The SMILES string of the molecule is O=C1CCC(c2cccc(O)c2)N1c1ccc(Oc2ccc(Cl)cc2)cc1. The molecule has 136 valence electrons. The van der Waals surface area contributed by atoms with Gasteiger partial charge < -0.3 is 14.7 Å². The lowest BCUT2D eigenvalue weighted by atomic mass is 10.0. The Bertz CT molecular complexity index is 954. The van der Waals surface area contributed by atoms with Crippen LogP contribution in [0.15, 0.2) is 72.8 Å². The second-order valence-corrected chi connectivity index (χ2v) is 6.90. The van der Waals surface area contributed by atoms with Crippen molar-refractivity contribution in [2.45, 2.75) is 18.9 Å². The Kier molecular flexibility index (Phi) is 4.73. The number of phenols is 1. The van der Waals surface area contributed by atoms with E-state index in [4.69, 9.17) is 16.3 Å². The molecule has 0 radical (unpaired) electrons. The molecule has 0 aliphatic carbocycles. The van der Waals surface area contributed by atoms with Crippen LogP contribution in [0, 0.1) is 0 Å². The maximum absolute atomic E-state index is 12.5. The van der Waals surface area contributed by atoms with E-state index in [1.807, 2.05) is 30.3 Å². The highest BCUT2D eigenvalue weighted by Gasteiger charge is 2.33. The molecule has 1 amide bonds. The van der Waals surface area contributed by atoms with Crippen molar-refractivity contribution in [1.29, 1.82) is 0 Å². The van der Waals surface area contributed by atoms with E-state index in [2.05, 4.69) is 0 Å². The van der Waals surface area contributed by atoms with Gasteiger partial charge in [0.25, 0.3) is 0 Å². The maximum Gasteiger partial charge on any atom is 0.227 e. The van der Waals surface area contributed by atoms with Gasteiger partial charge in [-0.2, -0.15) is 0 Å². The fraction of sp³-hybridized carbons (Fsp3) is 0.136. The number of amides is 1. The highest BCUT2D eigenvalue weighted by atomic mass is 35.5. The molecular weight excluding hydrogens is 362 g/mol. The summed E-state index contributed by atoms with van der Waals surface area (Å²) >= 11 is 5.89. The minimum absolute atomic E-state index is 0.0763. The molecular formula is C22H18ClNO3. The van der Waals surface area contributed by atoms with E-state index in [-0.39, 0.29) is 17.7 Å². The molecule has 1 aliphatic heterocycles. The summed E-state index contributed by atoms with van der Waals surface area (Å²) < 4.78 is 5.81. The van der Waals surface area contributed by atoms with Crippen molar-refractivity contribution in [2.24, 2.45) is 0 Å². The summed E-state index contributed by atoms with van der Waals surface area (Å²) in [6, 6.07) is 21.6. The van der Waals surface area contributed by atoms with Crippen molar-refractivity contribution in [3.8, 4) is 17.2 Å². The quantitative estimate of drug-likeness (QED) is 0.632. The molecule has 4 nitrogen and oxygen atoms in total. The zero-order valence-electron chi connectivity index (χ0n) is 14.5. The molecule has 27 heavy (non-hydrogen) atoms. The molecule has 1 heterocycles. The summed E-state index contributed by atoms with van der Waals surface area (Å²) in [4.78, 5) is 14.3. The van der Waals surface area contributed by atoms with E-state index in [1.54, 1.807) is 47.4 Å². The molecule has 1 atom stereocenters. The number of hydrogen-bond donors (Lipinski definition) is 1. The number of benzene rings is 3. The van der Waals surface area contributed by atoms with Crippen LogP contribution in [-0.2, 0) is 4.79 Å². The third-order valence-corrected chi connectivity index (χ3v) is 4.88. The largest absolute Gasteiger partial charge is 0.508 e. The summed E-state index contributed by atoms with van der Waals surface area (Å²) in [7, 11) is 0. The molecule has 3 aromatic rings. The van der Waals surface area contributed by atoms with E-state index in [9.17, 15) is 9.90 Å². The van der Waals surface area contributed by atoms with Crippen molar-refractivity contribution in [2.75, 3.05) is 4.90 Å². The van der Waals surface area contributed by atoms with Gasteiger partial charge in [0.2, 0.25) is 5.91 Å². The number of nitrogens with zero attached hydrogens (tertiary/aromatic N) is 1. The van der Waals surface area contributed by atoms with Crippen molar-refractivity contribution < 1.29 is 14.6 Å². The molecule has 5 heteroatoms. The zero-order valence-corrected chi connectivity index (χ0v) is 15.3. The lowest BCUT2D eigenvalue weighted by Crippen LogP contribution is -2.27. The van der Waals surface area contributed by atoms with Crippen LogP contribution in [0.2, 0.25) is 5.02 Å². The number of ether oxygens (including phenoxy) is 1. The first-order valence-electron chi connectivity index (χ1n) is 8.74. The molecule has 1 N–H and O–H groups in total. The molecule has 4 rings (SSSR count). The Labute approximate surface area is 162 Å². The predicted molar refractivity (Wildman–Crippen MR) is 106 cm³/mol. The van der Waals surface area contributed by atoms with Crippen molar-refractivity contribution in [1.82, 2.24) is 0 Å². The number of phenolic OH excluding ortho intramolecular Hbond substituents is 1. The van der Waals surface area contributed by atoms with Crippen molar-refractivity contribution in [3.63, 3.8) is 0 Å². The van der Waals surface area contributed by atoms with Gasteiger partial charge >= 0.3 is 0 Å². The second kappa shape index (κ2) is 7.33. The Hall–Kier alpha value is -2.98. The second-order valence-electron chi connectivity index (χ2n) is 6.46. The van der Waals surface area contributed by atoms with Gasteiger partial charge in [0.15, 0.2) is 0 Å². The maximum atomic E-state index is 12.5. The average molecular weight is 380 g/mol. The van der Waals surface area contributed by atoms with Gasteiger partial charge in [0.05, 0.1) is 6.04 Å². The Morgan fingerprint density at radius 3 is 2.30 bits per heavy atom. The fourth-order valence-electron chi connectivity index (χ4n) is 3.37. The van der Waals surface area contributed by atoms with Gasteiger partial charge in [-0.1, -0.05) is 23.7 Å². The lowest BCUT2D eigenvalue weighted by Gasteiger charge is -2.25. The van der Waals surface area contributed by atoms with Crippen LogP contribution in [-0.4, -0.2) is 11.0 Å². The van der Waals surface area contributed by atoms with E-state index < -0.39 is 0 Å². The van der Waals surface area contributed by atoms with Crippen LogP contribution in [0.3, 0.4) is 0 Å². The van der Waals surface area contributed by atoms with E-state index in [0.717, 1.165) is 17.7 Å². The molecule has 1 aliphatic rings. The first-order valence-corrected chi connectivity index (χ1v) is 9.12. The number of anilines is 1. The van der Waals surface area contributed by atoms with Crippen LogP contribution >= 0.6 is 11.6 Å². The number of carbonyl (C=O) groups is 1. The molecule has 1 saturated heterocycles. The van der Waals surface area contributed by atoms with Crippen LogP contribution in [0.4, 0.5) is 5.69 Å². The van der Waals surface area contributed by atoms with Gasteiger partial charge in [-0.15, -0.1) is 0 Å². The summed E-state index contributed by atoms with van der Waals surface area (Å²) in [5.41, 5.74) is 1.75. The standard InChI is InChI=1S/C22H18ClNO3/c23-16-4-8-19(9-5-16)27-20-10-6-17(7-11-20)24-21(12-13-22(24)26)15-2-1-3-18(25)14-15/h1-11,14,21,25H,12-13H2. The highest BCUT2D eigenvalue weighted by molar-refractivity contribution is 6.30. The normalized spacial score (nSPS) is 16.6. The zero-order chi connectivity index (χ0) is 18.8. The lowest BCUT2D eigenvalue weighted by molar-refractivity contribution is -0.117. The minimum Gasteiger partial charge on any atom is -0.508 e. The minimum atomic E-state index is -0.0763. The van der Waals surface area contributed by atoms with Gasteiger partial charge in [-0.05, 0) is 72.6 Å². The van der Waals surface area contributed by atoms with Crippen LogP contribution < -0.4 is 9.64 Å². The van der Waals surface area contributed by atoms with E-state index in [1.165, 1.54) is 0 Å². The third-order valence-electron chi connectivity index (χ3n) is 4.63. The third kappa shape index (κ3) is 3.76. The summed E-state index contributed by atoms with van der Waals surface area (Å²) in [5, 5.41) is 10.4. The van der Waals surface area contributed by atoms with Crippen LogP contribution in [0.25, 0.3) is 0 Å². The number of halogens is 1.